The zero-order valence-corrected chi connectivity index (χ0v) is 18.0. The van der Waals surface area contributed by atoms with Crippen molar-refractivity contribution in [1.82, 2.24) is 14.9 Å². The second-order valence-corrected chi connectivity index (χ2v) is 7.12. The van der Waals surface area contributed by atoms with E-state index in [0.29, 0.717) is 52.2 Å². The molecule has 0 radical (unpaired) electrons. The maximum absolute atomic E-state index is 12.7. The van der Waals surface area contributed by atoms with Gasteiger partial charge in [0.1, 0.15) is 0 Å². The van der Waals surface area contributed by atoms with E-state index in [4.69, 9.17) is 17.0 Å². The van der Waals surface area contributed by atoms with Crippen LogP contribution in [0.15, 0.2) is 47.3 Å². The lowest BCUT2D eigenvalue weighted by molar-refractivity contribution is 0.102. The van der Waals surface area contributed by atoms with E-state index < -0.39 is 0 Å². The normalized spacial score (nSPS) is 10.6. The number of rotatable bonds is 7. The van der Waals surface area contributed by atoms with Crippen molar-refractivity contribution in [2.75, 3.05) is 31.4 Å². The highest BCUT2D eigenvalue weighted by molar-refractivity contribution is 7.71. The van der Waals surface area contributed by atoms with Gasteiger partial charge in [-0.1, -0.05) is 0 Å². The monoisotopic (exact) mass is 441 g/mol. The molecule has 162 valence electrons. The lowest BCUT2D eigenvalue weighted by atomic mass is 10.1. The first kappa shape index (κ1) is 22.2. The molecule has 0 unspecified atom stereocenters. The fourth-order valence-electron chi connectivity index (χ4n) is 3.00. The van der Waals surface area contributed by atoms with Gasteiger partial charge in [-0.15, -0.1) is 0 Å². The SMILES string of the molecule is CNC(=O)Nc1ccc(NC(=O)c2ccc3c(=O)n(CCCOC)c(=S)[nH]c3c2)cc1. The molecule has 31 heavy (non-hydrogen) atoms. The maximum atomic E-state index is 12.7. The molecular formula is C21H23N5O4S. The minimum Gasteiger partial charge on any atom is -0.385 e. The van der Waals surface area contributed by atoms with Crippen molar-refractivity contribution in [2.24, 2.45) is 0 Å². The van der Waals surface area contributed by atoms with Crippen molar-refractivity contribution in [3.8, 4) is 0 Å². The molecule has 10 heteroatoms. The minimum atomic E-state index is -0.336. The van der Waals surface area contributed by atoms with E-state index in [2.05, 4.69) is 20.9 Å². The van der Waals surface area contributed by atoms with E-state index in [9.17, 15) is 14.4 Å². The third-order valence-electron chi connectivity index (χ3n) is 4.60. The van der Waals surface area contributed by atoms with Crippen molar-refractivity contribution < 1.29 is 14.3 Å². The number of urea groups is 1. The topological polar surface area (TPSA) is 117 Å². The van der Waals surface area contributed by atoms with Crippen LogP contribution in [0.2, 0.25) is 0 Å². The largest absolute Gasteiger partial charge is 0.385 e. The Morgan fingerprint density at radius 2 is 1.77 bits per heavy atom. The molecule has 3 aromatic rings. The molecule has 9 nitrogen and oxygen atoms in total. The average Bonchev–Trinajstić information content (AvgIpc) is 2.76. The number of aromatic amines is 1. The smallest absolute Gasteiger partial charge is 0.318 e. The Morgan fingerprint density at radius 3 is 2.42 bits per heavy atom. The van der Waals surface area contributed by atoms with Gasteiger partial charge in [0.2, 0.25) is 0 Å². The van der Waals surface area contributed by atoms with Crippen LogP contribution in [-0.2, 0) is 11.3 Å². The average molecular weight is 442 g/mol. The minimum absolute atomic E-state index is 0.207. The number of carbonyl (C=O) groups excluding carboxylic acids is 2. The van der Waals surface area contributed by atoms with Gasteiger partial charge in [-0.05, 0) is 61.1 Å². The highest BCUT2D eigenvalue weighted by atomic mass is 32.1. The van der Waals surface area contributed by atoms with Gasteiger partial charge in [-0.25, -0.2) is 4.79 Å². The van der Waals surface area contributed by atoms with Crippen LogP contribution in [0.25, 0.3) is 10.9 Å². The van der Waals surface area contributed by atoms with Gasteiger partial charge in [0.25, 0.3) is 11.5 Å². The predicted molar refractivity (Wildman–Crippen MR) is 122 cm³/mol. The number of amides is 3. The molecule has 3 rings (SSSR count). The lowest BCUT2D eigenvalue weighted by Crippen LogP contribution is -2.24. The summed E-state index contributed by atoms with van der Waals surface area (Å²) in [7, 11) is 3.13. The number of anilines is 2. The summed E-state index contributed by atoms with van der Waals surface area (Å²) in [5, 5.41) is 8.34. The molecule has 0 aliphatic rings. The van der Waals surface area contributed by atoms with Crippen molar-refractivity contribution >= 4 is 46.4 Å². The van der Waals surface area contributed by atoms with Gasteiger partial charge < -0.3 is 25.7 Å². The lowest BCUT2D eigenvalue weighted by Gasteiger charge is -2.10. The third-order valence-corrected chi connectivity index (χ3v) is 4.92. The molecule has 1 heterocycles. The molecule has 0 fully saturated rings. The van der Waals surface area contributed by atoms with E-state index in [0.717, 1.165) is 0 Å². The molecule has 0 aliphatic carbocycles. The number of hydrogen-bond donors (Lipinski definition) is 4. The Bertz CT molecular complexity index is 1220. The van der Waals surface area contributed by atoms with Gasteiger partial charge in [0.15, 0.2) is 4.77 Å². The van der Waals surface area contributed by atoms with Gasteiger partial charge in [-0.3, -0.25) is 14.2 Å². The number of methoxy groups -OCH3 is 1. The van der Waals surface area contributed by atoms with E-state index in [1.165, 1.54) is 11.6 Å². The highest BCUT2D eigenvalue weighted by Crippen LogP contribution is 2.16. The second-order valence-electron chi connectivity index (χ2n) is 6.73. The number of ether oxygens (including phenoxy) is 1. The molecule has 0 spiro atoms. The van der Waals surface area contributed by atoms with Crippen LogP contribution in [0.3, 0.4) is 0 Å². The first-order valence-corrected chi connectivity index (χ1v) is 9.99. The third kappa shape index (κ3) is 5.36. The number of carbonyl (C=O) groups is 2. The van der Waals surface area contributed by atoms with Crippen LogP contribution < -0.4 is 21.5 Å². The molecule has 0 saturated carbocycles. The summed E-state index contributed by atoms with van der Waals surface area (Å²) in [6, 6.07) is 11.2. The van der Waals surface area contributed by atoms with Crippen LogP contribution >= 0.6 is 12.2 Å². The van der Waals surface area contributed by atoms with Crippen molar-refractivity contribution in [1.29, 1.82) is 0 Å². The predicted octanol–water partition coefficient (Wildman–Crippen LogP) is 3.10. The Morgan fingerprint density at radius 1 is 1.10 bits per heavy atom. The van der Waals surface area contributed by atoms with E-state index in [1.54, 1.807) is 49.6 Å². The van der Waals surface area contributed by atoms with Crippen LogP contribution in [0.1, 0.15) is 16.8 Å². The Kier molecular flexibility index (Phi) is 7.16. The summed E-state index contributed by atoms with van der Waals surface area (Å²) < 4.78 is 6.81. The molecule has 0 bridgehead atoms. The molecule has 4 N–H and O–H groups in total. The quantitative estimate of drug-likeness (QED) is 0.332. The van der Waals surface area contributed by atoms with Gasteiger partial charge in [0.05, 0.1) is 10.9 Å². The first-order valence-electron chi connectivity index (χ1n) is 9.59. The zero-order valence-electron chi connectivity index (χ0n) is 17.2. The highest BCUT2D eigenvalue weighted by Gasteiger charge is 2.11. The molecular weight excluding hydrogens is 418 g/mol. The standard InChI is InChI=1S/C21H23N5O4S/c1-22-20(29)24-15-7-5-14(6-8-15)23-18(27)13-4-9-16-17(12-13)25-21(31)26(19(16)28)10-3-11-30-2/h4-9,12H,3,10-11H2,1-2H3,(H,23,27)(H,25,31)(H2,22,24,29). The van der Waals surface area contributed by atoms with E-state index >= 15 is 0 Å². The van der Waals surface area contributed by atoms with Crippen molar-refractivity contribution in [3.63, 3.8) is 0 Å². The number of benzene rings is 2. The molecule has 0 aliphatic heterocycles. The Balaban J connectivity index is 1.79. The summed E-state index contributed by atoms with van der Waals surface area (Å²) in [5.74, 6) is -0.336. The van der Waals surface area contributed by atoms with Crippen molar-refractivity contribution in [2.45, 2.75) is 13.0 Å². The number of aromatic nitrogens is 2. The number of nitrogens with one attached hydrogen (secondary N) is 4. The second kappa shape index (κ2) is 10.0. The Labute approximate surface area is 183 Å². The van der Waals surface area contributed by atoms with Crippen molar-refractivity contribution in [3.05, 3.63) is 63.2 Å². The fourth-order valence-corrected chi connectivity index (χ4v) is 3.28. The van der Waals surface area contributed by atoms with E-state index in [1.807, 2.05) is 0 Å². The first-order chi connectivity index (χ1) is 14.9. The van der Waals surface area contributed by atoms with Gasteiger partial charge in [-0.2, -0.15) is 0 Å². The number of nitrogens with zero attached hydrogens (tertiary/aromatic N) is 1. The van der Waals surface area contributed by atoms with Crippen LogP contribution in [-0.4, -0.2) is 42.3 Å². The summed E-state index contributed by atoms with van der Waals surface area (Å²) in [6.45, 7) is 0.978. The maximum Gasteiger partial charge on any atom is 0.318 e. The zero-order chi connectivity index (χ0) is 22.4. The molecule has 0 atom stereocenters. The molecule has 1 aromatic heterocycles. The molecule has 0 saturated heterocycles. The summed E-state index contributed by atoms with van der Waals surface area (Å²) in [4.78, 5) is 39.8. The summed E-state index contributed by atoms with van der Waals surface area (Å²) in [6.07, 6.45) is 0.664. The number of hydrogen-bond acceptors (Lipinski definition) is 5. The summed E-state index contributed by atoms with van der Waals surface area (Å²) >= 11 is 5.31. The van der Waals surface area contributed by atoms with Crippen LogP contribution in [0.5, 0.6) is 0 Å². The molecule has 2 aromatic carbocycles. The van der Waals surface area contributed by atoms with Crippen LogP contribution in [0, 0.1) is 4.77 Å². The fraction of sp³-hybridized carbons (Fsp3) is 0.238. The van der Waals surface area contributed by atoms with Gasteiger partial charge in [0, 0.05) is 44.2 Å². The van der Waals surface area contributed by atoms with Gasteiger partial charge >= 0.3 is 6.03 Å². The number of H-pyrrole nitrogens is 1. The molecule has 3 amide bonds. The van der Waals surface area contributed by atoms with Crippen LogP contribution in [0.4, 0.5) is 16.2 Å². The Hall–Kier alpha value is -3.50. The summed E-state index contributed by atoms with van der Waals surface area (Å²) in [5.41, 5.74) is 1.82. The van der Waals surface area contributed by atoms with E-state index in [-0.39, 0.29) is 17.5 Å². The number of fused-ring (bicyclic) bond motifs is 1.